The summed E-state index contributed by atoms with van der Waals surface area (Å²) in [5.41, 5.74) is -0.0820. The Hall–Kier alpha value is -3.78. The van der Waals surface area contributed by atoms with Crippen LogP contribution in [0.5, 0.6) is 0 Å². The molecule has 0 bridgehead atoms. The van der Waals surface area contributed by atoms with Crippen LogP contribution >= 0.6 is 0 Å². The van der Waals surface area contributed by atoms with Crippen molar-refractivity contribution in [3.63, 3.8) is 0 Å². The summed E-state index contributed by atoms with van der Waals surface area (Å²) in [7, 11) is -3.91. The third-order valence-electron chi connectivity index (χ3n) is 4.41. The lowest BCUT2D eigenvalue weighted by Gasteiger charge is -2.09. The van der Waals surface area contributed by atoms with Crippen LogP contribution in [0.15, 0.2) is 93.0 Å². The molecule has 1 heterocycles. The molecule has 0 atom stereocenters. The first kappa shape index (κ1) is 19.5. The summed E-state index contributed by atoms with van der Waals surface area (Å²) in [6, 6.07) is 18.3. The average molecular weight is 423 g/mol. The summed E-state index contributed by atoms with van der Waals surface area (Å²) >= 11 is 0. The molecule has 30 heavy (non-hydrogen) atoms. The zero-order chi connectivity index (χ0) is 21.3. The highest BCUT2D eigenvalue weighted by Gasteiger charge is 2.17. The van der Waals surface area contributed by atoms with Crippen molar-refractivity contribution in [2.75, 3.05) is 4.72 Å². The second-order valence-corrected chi connectivity index (χ2v) is 8.13. The minimum absolute atomic E-state index is 0.0992. The predicted molar refractivity (Wildman–Crippen MR) is 110 cm³/mol. The maximum atomic E-state index is 13.0. The Morgan fingerprint density at radius 3 is 2.27 bits per heavy atom. The molecule has 0 radical (unpaired) electrons. The van der Waals surface area contributed by atoms with E-state index in [-0.39, 0.29) is 21.7 Å². The SMILES string of the molecule is O=C(c1ccc(NS(=O)(=O)c2ccc(F)cc2)cc1)c1cc2ccccc2oc1=O. The second-order valence-electron chi connectivity index (χ2n) is 6.45. The summed E-state index contributed by atoms with van der Waals surface area (Å²) in [5.74, 6) is -1.09. The van der Waals surface area contributed by atoms with Crippen molar-refractivity contribution in [3.05, 3.63) is 106 Å². The third kappa shape index (κ3) is 3.85. The molecule has 3 aromatic carbocycles. The molecule has 1 N–H and O–H groups in total. The van der Waals surface area contributed by atoms with Crippen molar-refractivity contribution in [3.8, 4) is 0 Å². The van der Waals surface area contributed by atoms with Gasteiger partial charge in [0, 0.05) is 16.6 Å². The van der Waals surface area contributed by atoms with Crippen molar-refractivity contribution in [1.29, 1.82) is 0 Å². The number of benzene rings is 3. The zero-order valence-corrected chi connectivity index (χ0v) is 16.1. The number of rotatable bonds is 5. The number of para-hydroxylation sites is 1. The fraction of sp³-hybridized carbons (Fsp3) is 0. The maximum Gasteiger partial charge on any atom is 0.347 e. The molecule has 0 aliphatic rings. The van der Waals surface area contributed by atoms with E-state index in [2.05, 4.69) is 4.72 Å². The Labute approximate surface area is 170 Å². The molecule has 8 heteroatoms. The molecule has 1 aromatic heterocycles. The van der Waals surface area contributed by atoms with E-state index in [0.29, 0.717) is 11.0 Å². The Kier molecular flexibility index (Phi) is 4.93. The van der Waals surface area contributed by atoms with Gasteiger partial charge in [0.15, 0.2) is 5.78 Å². The Bertz CT molecular complexity index is 1410. The van der Waals surface area contributed by atoms with Crippen LogP contribution in [-0.2, 0) is 10.0 Å². The zero-order valence-electron chi connectivity index (χ0n) is 15.3. The standard InChI is InChI=1S/C22H14FNO5S/c23-16-7-11-18(12-8-16)30(27,28)24-17-9-5-14(6-10-17)21(25)19-13-15-3-1-2-4-20(15)29-22(19)26/h1-13,24H. The monoisotopic (exact) mass is 423 g/mol. The summed E-state index contributed by atoms with van der Waals surface area (Å²) in [4.78, 5) is 24.8. The van der Waals surface area contributed by atoms with Gasteiger partial charge < -0.3 is 4.42 Å². The number of sulfonamides is 1. The normalized spacial score (nSPS) is 11.4. The molecule has 0 aliphatic heterocycles. The molecular weight excluding hydrogens is 409 g/mol. The van der Waals surface area contributed by atoms with Gasteiger partial charge in [-0.1, -0.05) is 18.2 Å². The van der Waals surface area contributed by atoms with Crippen molar-refractivity contribution in [2.24, 2.45) is 0 Å². The van der Waals surface area contributed by atoms with E-state index in [0.717, 1.165) is 24.3 Å². The summed E-state index contributed by atoms with van der Waals surface area (Å²) in [6.07, 6.45) is 0. The summed E-state index contributed by atoms with van der Waals surface area (Å²) < 4.78 is 45.3. The molecule has 0 saturated heterocycles. The lowest BCUT2D eigenvalue weighted by atomic mass is 10.0. The van der Waals surface area contributed by atoms with Crippen molar-refractivity contribution < 1.29 is 22.0 Å². The van der Waals surface area contributed by atoms with Crippen LogP contribution in [0.4, 0.5) is 10.1 Å². The van der Waals surface area contributed by atoms with E-state index >= 15 is 0 Å². The van der Waals surface area contributed by atoms with Crippen molar-refractivity contribution >= 4 is 32.5 Å². The van der Waals surface area contributed by atoms with E-state index in [9.17, 15) is 22.4 Å². The molecular formula is C22H14FNO5S. The van der Waals surface area contributed by atoms with Crippen LogP contribution in [-0.4, -0.2) is 14.2 Å². The van der Waals surface area contributed by atoms with Gasteiger partial charge >= 0.3 is 5.63 Å². The van der Waals surface area contributed by atoms with E-state index in [1.54, 1.807) is 24.3 Å². The van der Waals surface area contributed by atoms with Crippen LogP contribution in [0.25, 0.3) is 11.0 Å². The number of carbonyl (C=O) groups is 1. The highest BCUT2D eigenvalue weighted by molar-refractivity contribution is 7.92. The molecule has 0 fully saturated rings. The molecule has 0 spiro atoms. The number of hydrogen-bond donors (Lipinski definition) is 1. The lowest BCUT2D eigenvalue weighted by molar-refractivity contribution is 0.103. The van der Waals surface area contributed by atoms with Crippen LogP contribution in [0.2, 0.25) is 0 Å². The van der Waals surface area contributed by atoms with Gasteiger partial charge in [-0.05, 0) is 60.7 Å². The maximum absolute atomic E-state index is 13.0. The van der Waals surface area contributed by atoms with Crippen LogP contribution in [0, 0.1) is 5.82 Å². The third-order valence-corrected chi connectivity index (χ3v) is 5.81. The molecule has 150 valence electrons. The van der Waals surface area contributed by atoms with Gasteiger partial charge in [0.05, 0.1) is 4.90 Å². The highest BCUT2D eigenvalue weighted by Crippen LogP contribution is 2.19. The smallest absolute Gasteiger partial charge is 0.347 e. The van der Waals surface area contributed by atoms with E-state index in [1.165, 1.54) is 30.3 Å². The molecule has 0 amide bonds. The van der Waals surface area contributed by atoms with Gasteiger partial charge in [0.2, 0.25) is 0 Å². The minimum atomic E-state index is -3.91. The molecule has 6 nitrogen and oxygen atoms in total. The number of halogens is 1. The van der Waals surface area contributed by atoms with Gasteiger partial charge in [-0.15, -0.1) is 0 Å². The van der Waals surface area contributed by atoms with Crippen molar-refractivity contribution in [1.82, 2.24) is 0 Å². The number of carbonyl (C=O) groups excluding carboxylic acids is 1. The summed E-state index contributed by atoms with van der Waals surface area (Å²) in [5, 5.41) is 0.615. The Morgan fingerprint density at radius 2 is 1.57 bits per heavy atom. The van der Waals surface area contributed by atoms with E-state index in [4.69, 9.17) is 4.42 Å². The average Bonchev–Trinajstić information content (AvgIpc) is 2.73. The topological polar surface area (TPSA) is 93.4 Å². The molecule has 0 unspecified atom stereocenters. The molecule has 0 aliphatic carbocycles. The number of hydrogen-bond acceptors (Lipinski definition) is 5. The molecule has 4 rings (SSSR count). The fourth-order valence-electron chi connectivity index (χ4n) is 2.89. The quantitative estimate of drug-likeness (QED) is 0.387. The predicted octanol–water partition coefficient (Wildman–Crippen LogP) is 3.96. The first-order valence-corrected chi connectivity index (χ1v) is 10.3. The van der Waals surface area contributed by atoms with E-state index < -0.39 is 27.2 Å². The van der Waals surface area contributed by atoms with Crippen LogP contribution in [0.3, 0.4) is 0 Å². The van der Waals surface area contributed by atoms with Gasteiger partial charge in [0.1, 0.15) is 17.0 Å². The number of fused-ring (bicyclic) bond motifs is 1. The van der Waals surface area contributed by atoms with Crippen LogP contribution in [0.1, 0.15) is 15.9 Å². The fourth-order valence-corrected chi connectivity index (χ4v) is 3.95. The number of ketones is 1. The second kappa shape index (κ2) is 7.57. The number of nitrogens with one attached hydrogen (secondary N) is 1. The Morgan fingerprint density at radius 1 is 0.900 bits per heavy atom. The lowest BCUT2D eigenvalue weighted by Crippen LogP contribution is -2.15. The largest absolute Gasteiger partial charge is 0.422 e. The van der Waals surface area contributed by atoms with Gasteiger partial charge in [0.25, 0.3) is 10.0 Å². The highest BCUT2D eigenvalue weighted by atomic mass is 32.2. The van der Waals surface area contributed by atoms with Gasteiger partial charge in [-0.3, -0.25) is 9.52 Å². The van der Waals surface area contributed by atoms with Crippen LogP contribution < -0.4 is 10.3 Å². The first-order chi connectivity index (χ1) is 14.3. The van der Waals surface area contributed by atoms with E-state index in [1.807, 2.05) is 0 Å². The first-order valence-electron chi connectivity index (χ1n) is 8.79. The van der Waals surface area contributed by atoms with Gasteiger partial charge in [-0.25, -0.2) is 17.6 Å². The van der Waals surface area contributed by atoms with Gasteiger partial charge in [-0.2, -0.15) is 0 Å². The Balaban J connectivity index is 1.59. The molecule has 4 aromatic rings. The number of anilines is 1. The molecule has 0 saturated carbocycles. The van der Waals surface area contributed by atoms with Crippen molar-refractivity contribution in [2.45, 2.75) is 4.90 Å². The minimum Gasteiger partial charge on any atom is -0.422 e. The summed E-state index contributed by atoms with van der Waals surface area (Å²) in [6.45, 7) is 0.